The lowest BCUT2D eigenvalue weighted by molar-refractivity contribution is 0.266. The Hall–Kier alpha value is -5.00. The average molecular weight is 903 g/mol. The largest absolute Gasteiger partial charge is 0.456 e. The van der Waals surface area contributed by atoms with Gasteiger partial charge < -0.3 is 8.83 Å². The summed E-state index contributed by atoms with van der Waals surface area (Å²) in [4.78, 5) is 5.39. The van der Waals surface area contributed by atoms with E-state index in [1.54, 1.807) is 0 Å². The summed E-state index contributed by atoms with van der Waals surface area (Å²) in [6.45, 7) is 9.51. The molecule has 2 unspecified atom stereocenters. The monoisotopic (exact) mass is 902 g/mol. The Kier molecular flexibility index (Phi) is 10.9. The first-order valence-electron chi connectivity index (χ1n) is 22.8. The maximum absolute atomic E-state index is 6.37. The zero-order chi connectivity index (χ0) is 42.7. The highest BCUT2D eigenvalue weighted by molar-refractivity contribution is 7.26. The molecule has 4 aromatic carbocycles. The lowest BCUT2D eigenvalue weighted by Crippen LogP contribution is -2.31. The molecule has 0 saturated heterocycles. The van der Waals surface area contributed by atoms with Crippen LogP contribution in [0, 0.1) is 11.8 Å². The third-order valence-electron chi connectivity index (χ3n) is 13.8. The summed E-state index contributed by atoms with van der Waals surface area (Å²) in [7, 11) is 0. The van der Waals surface area contributed by atoms with Gasteiger partial charge in [0.15, 0.2) is 0 Å². The molecular weight excluding hydrogens is 853 g/mol. The van der Waals surface area contributed by atoms with Gasteiger partial charge in [0.2, 0.25) is 0 Å². The predicted molar refractivity (Wildman–Crippen MR) is 267 cm³/mol. The molecule has 0 aliphatic heterocycles. The van der Waals surface area contributed by atoms with Crippen molar-refractivity contribution in [1.82, 2.24) is 17.5 Å². The van der Waals surface area contributed by atoms with Gasteiger partial charge in [-0.05, 0) is 84.3 Å². The molecule has 0 fully saturated rings. The summed E-state index contributed by atoms with van der Waals surface area (Å²) in [6, 6.07) is 34.7. The predicted octanol–water partition coefficient (Wildman–Crippen LogP) is 17.5. The average Bonchev–Trinajstić information content (AvgIpc) is 4.17. The highest BCUT2D eigenvalue weighted by Crippen LogP contribution is 2.63. The van der Waals surface area contributed by atoms with E-state index in [1.165, 1.54) is 105 Å². The van der Waals surface area contributed by atoms with Crippen molar-refractivity contribution in [2.75, 3.05) is 0 Å². The van der Waals surface area contributed by atoms with E-state index >= 15 is 0 Å². The van der Waals surface area contributed by atoms with Gasteiger partial charge in [0.1, 0.15) is 44.8 Å². The first kappa shape index (κ1) is 40.8. The molecule has 6 nitrogen and oxygen atoms in total. The van der Waals surface area contributed by atoms with Crippen molar-refractivity contribution in [3.63, 3.8) is 0 Å². The van der Waals surface area contributed by atoms with Crippen LogP contribution in [-0.2, 0) is 5.41 Å². The summed E-state index contributed by atoms with van der Waals surface area (Å²) < 4.78 is 32.5. The zero-order valence-electron chi connectivity index (χ0n) is 36.2. The third kappa shape index (κ3) is 7.00. The van der Waals surface area contributed by atoms with Crippen LogP contribution in [0.25, 0.3) is 97.3 Å². The molecule has 2 atom stereocenters. The Labute approximate surface area is 384 Å². The lowest BCUT2D eigenvalue weighted by atomic mass is 9.65. The van der Waals surface area contributed by atoms with Crippen molar-refractivity contribution in [2.45, 2.75) is 97.3 Å². The van der Waals surface area contributed by atoms with Gasteiger partial charge >= 0.3 is 0 Å². The Morgan fingerprint density at radius 3 is 1.33 bits per heavy atom. The van der Waals surface area contributed by atoms with E-state index in [1.807, 2.05) is 46.9 Å². The minimum Gasteiger partial charge on any atom is -0.456 e. The summed E-state index contributed by atoms with van der Waals surface area (Å²) in [5, 5.41) is 2.18. The molecule has 1 aliphatic rings. The molecule has 0 saturated carbocycles. The number of hydrogen-bond donors (Lipinski definition) is 0. The van der Waals surface area contributed by atoms with Gasteiger partial charge in [0, 0.05) is 57.9 Å². The van der Waals surface area contributed by atoms with Crippen LogP contribution in [-0.4, -0.2) is 17.5 Å². The standard InChI is InChI=1S/C53H50N4O2S4/c1-5-9-15-31(7-3)29-53(30-32(8-4)16-10-6-2)39-27-45(37-23-21-35(47-49(37)56-62-54-47)43-25-33-17-11-13-19-41(33)58-43)60-51(39)52-40(53)28-46(61-52)38-24-22-36(48-50(38)57-63-55-48)44-26-34-18-12-14-20-42(34)59-44/h11-14,17-28,31-32H,5-10,15-16,29-30H2,1-4H3. The zero-order valence-corrected chi connectivity index (χ0v) is 39.5. The highest BCUT2D eigenvalue weighted by Gasteiger charge is 2.48. The number of thiophene rings is 2. The van der Waals surface area contributed by atoms with Gasteiger partial charge in [-0.25, -0.2) is 0 Å². The van der Waals surface area contributed by atoms with Crippen LogP contribution in [0.15, 0.2) is 106 Å². The smallest absolute Gasteiger partial charge is 0.137 e. The first-order valence-corrected chi connectivity index (χ1v) is 25.9. The van der Waals surface area contributed by atoms with Gasteiger partial charge in [-0.15, -0.1) is 22.7 Å². The number of aromatic nitrogens is 4. The molecule has 318 valence electrons. The van der Waals surface area contributed by atoms with Gasteiger partial charge in [-0.3, -0.25) is 0 Å². The second-order valence-electron chi connectivity index (χ2n) is 17.6. The van der Waals surface area contributed by atoms with Crippen LogP contribution in [0.3, 0.4) is 0 Å². The van der Waals surface area contributed by atoms with Crippen molar-refractivity contribution >= 4 is 90.1 Å². The van der Waals surface area contributed by atoms with E-state index in [9.17, 15) is 0 Å². The number of nitrogens with zero attached hydrogens (tertiary/aromatic N) is 4. The van der Waals surface area contributed by atoms with Crippen molar-refractivity contribution in [3.05, 3.63) is 108 Å². The van der Waals surface area contributed by atoms with Crippen LogP contribution in [0.5, 0.6) is 0 Å². The number of furan rings is 2. The molecule has 63 heavy (non-hydrogen) atoms. The van der Waals surface area contributed by atoms with Crippen molar-refractivity contribution in [3.8, 4) is 53.3 Å². The van der Waals surface area contributed by atoms with Crippen LogP contribution in [0.2, 0.25) is 0 Å². The molecular formula is C53H50N4O2S4. The SMILES string of the molecule is CCCCC(CC)CC1(CC(CC)CCCC)c2cc(-c3ccc(-c4cc5ccccc5o4)c4nsnc34)sc2-c2sc(-c3ccc(-c4cc5ccccc5o4)c4nsnc34)cc21. The molecule has 10 heteroatoms. The first-order chi connectivity index (χ1) is 31.0. The topological polar surface area (TPSA) is 77.8 Å². The van der Waals surface area contributed by atoms with Crippen molar-refractivity contribution in [1.29, 1.82) is 0 Å². The molecule has 0 spiro atoms. The van der Waals surface area contributed by atoms with Crippen molar-refractivity contribution < 1.29 is 8.83 Å². The quantitative estimate of drug-likeness (QED) is 0.0961. The Bertz CT molecular complexity index is 2970. The second kappa shape index (κ2) is 16.8. The molecule has 0 radical (unpaired) electrons. The highest BCUT2D eigenvalue weighted by atomic mass is 32.1. The third-order valence-corrected chi connectivity index (χ3v) is 17.4. The molecule has 6 aromatic heterocycles. The maximum atomic E-state index is 6.37. The Balaban J connectivity index is 1.08. The number of unbranched alkanes of at least 4 members (excludes halogenated alkanes) is 2. The van der Waals surface area contributed by atoms with E-state index in [2.05, 4.69) is 100 Å². The van der Waals surface area contributed by atoms with E-state index in [4.69, 9.17) is 26.3 Å². The summed E-state index contributed by atoms with van der Waals surface area (Å²) in [5.41, 5.74) is 12.7. The number of hydrogen-bond acceptors (Lipinski definition) is 10. The van der Waals surface area contributed by atoms with Crippen LogP contribution < -0.4 is 0 Å². The van der Waals surface area contributed by atoms with Crippen molar-refractivity contribution in [2.24, 2.45) is 11.8 Å². The summed E-state index contributed by atoms with van der Waals surface area (Å²) in [6.07, 6.45) is 12.2. The fraction of sp³-hybridized carbons (Fsp3) is 0.321. The molecule has 0 bridgehead atoms. The van der Waals surface area contributed by atoms with Gasteiger partial charge in [0.05, 0.1) is 23.5 Å². The van der Waals surface area contributed by atoms with Crippen LogP contribution >= 0.6 is 46.1 Å². The van der Waals surface area contributed by atoms with Crippen LogP contribution in [0.4, 0.5) is 0 Å². The van der Waals surface area contributed by atoms with Gasteiger partial charge in [-0.2, -0.15) is 17.5 Å². The number of fused-ring (bicyclic) bond motifs is 7. The fourth-order valence-corrected chi connectivity index (χ4v) is 14.3. The van der Waals surface area contributed by atoms with E-state index in [-0.39, 0.29) is 5.41 Å². The molecule has 0 N–H and O–H groups in total. The molecule has 6 heterocycles. The van der Waals surface area contributed by atoms with Gasteiger partial charge in [-0.1, -0.05) is 128 Å². The number of rotatable bonds is 16. The lowest BCUT2D eigenvalue weighted by Gasteiger charge is -2.37. The Morgan fingerprint density at radius 1 is 0.508 bits per heavy atom. The Morgan fingerprint density at radius 2 is 0.921 bits per heavy atom. The summed E-state index contributed by atoms with van der Waals surface area (Å²) >= 11 is 6.47. The normalized spacial score (nSPS) is 14.3. The second-order valence-corrected chi connectivity index (χ2v) is 20.7. The summed E-state index contributed by atoms with van der Waals surface area (Å²) in [5.74, 6) is 2.92. The van der Waals surface area contributed by atoms with E-state index in [0.29, 0.717) is 11.8 Å². The van der Waals surface area contributed by atoms with E-state index < -0.39 is 0 Å². The van der Waals surface area contributed by atoms with E-state index in [0.717, 1.165) is 90.6 Å². The minimum atomic E-state index is -0.0989. The maximum Gasteiger partial charge on any atom is 0.137 e. The number of para-hydroxylation sites is 2. The number of benzene rings is 4. The molecule has 0 amide bonds. The van der Waals surface area contributed by atoms with Gasteiger partial charge in [0.25, 0.3) is 0 Å². The van der Waals surface area contributed by atoms with Crippen LogP contribution in [0.1, 0.15) is 103 Å². The molecule has 1 aliphatic carbocycles. The molecule has 11 rings (SSSR count). The fourth-order valence-electron chi connectivity index (χ4n) is 10.4. The minimum absolute atomic E-state index is 0.0989. The molecule has 10 aromatic rings.